The highest BCUT2D eigenvalue weighted by atomic mass is 19.3. The van der Waals surface area contributed by atoms with Crippen molar-refractivity contribution in [3.05, 3.63) is 70.4 Å². The number of likely N-dealkylation sites (tertiary alicyclic amines) is 1. The Balaban J connectivity index is 1.52. The van der Waals surface area contributed by atoms with E-state index in [2.05, 4.69) is 4.98 Å². The number of nitrogens with one attached hydrogen (secondary N) is 1. The third-order valence-corrected chi connectivity index (χ3v) is 7.96. The van der Waals surface area contributed by atoms with E-state index in [0.717, 1.165) is 16.5 Å². The van der Waals surface area contributed by atoms with Gasteiger partial charge < -0.3 is 20.1 Å². The predicted octanol–water partition coefficient (Wildman–Crippen LogP) is 4.73. The SMILES string of the molecule is C[C@@H]1Cc2c([nH]c3ccccc23)[C@@H](c2ccc(C(O)C3CN(CCCF)C3)c(F)c2F)N1CC(F)(F)CO. The van der Waals surface area contributed by atoms with E-state index in [1.807, 2.05) is 29.2 Å². The largest absolute Gasteiger partial charge is 0.390 e. The molecule has 5 nitrogen and oxygen atoms in total. The topological polar surface area (TPSA) is 62.7 Å². The molecule has 206 valence electrons. The fourth-order valence-corrected chi connectivity index (χ4v) is 5.95. The van der Waals surface area contributed by atoms with Crippen molar-refractivity contribution in [2.24, 2.45) is 5.92 Å². The number of aromatic nitrogens is 1. The number of hydrogen-bond donors (Lipinski definition) is 3. The van der Waals surface area contributed by atoms with Crippen LogP contribution in [0.5, 0.6) is 0 Å². The van der Waals surface area contributed by atoms with E-state index in [1.165, 1.54) is 17.0 Å². The minimum Gasteiger partial charge on any atom is -0.390 e. The average Bonchev–Trinajstić information content (AvgIpc) is 3.23. The highest BCUT2D eigenvalue weighted by molar-refractivity contribution is 5.85. The Morgan fingerprint density at radius 2 is 1.84 bits per heavy atom. The Labute approximate surface area is 217 Å². The molecule has 1 fully saturated rings. The van der Waals surface area contributed by atoms with Crippen molar-refractivity contribution >= 4 is 10.9 Å². The van der Waals surface area contributed by atoms with Crippen LogP contribution in [0.2, 0.25) is 0 Å². The van der Waals surface area contributed by atoms with E-state index in [9.17, 15) is 23.4 Å². The van der Waals surface area contributed by atoms with Crippen LogP contribution in [0, 0.1) is 17.6 Å². The number of benzene rings is 2. The second-order valence-electron chi connectivity index (χ2n) is 10.6. The van der Waals surface area contributed by atoms with Crippen LogP contribution in [0.1, 0.15) is 47.9 Å². The van der Waals surface area contributed by atoms with Gasteiger partial charge in [0.15, 0.2) is 11.6 Å². The molecule has 2 aromatic carbocycles. The van der Waals surface area contributed by atoms with Crippen molar-refractivity contribution in [2.75, 3.05) is 39.5 Å². The number of para-hydroxylation sites is 1. The lowest BCUT2D eigenvalue weighted by Crippen LogP contribution is -2.50. The first-order valence-electron chi connectivity index (χ1n) is 12.9. The van der Waals surface area contributed by atoms with E-state index < -0.39 is 55.6 Å². The molecule has 2 aliphatic rings. The van der Waals surface area contributed by atoms with E-state index in [0.29, 0.717) is 38.2 Å². The Morgan fingerprint density at radius 1 is 1.11 bits per heavy atom. The molecule has 3 atom stereocenters. The summed E-state index contributed by atoms with van der Waals surface area (Å²) in [7, 11) is 0. The Hall–Kier alpha value is -2.53. The standard InChI is InChI=1S/C28H32F5N3O2/c1-16-11-21-18-5-2-3-6-22(18)34-25(21)26(36(16)14-28(32,33)15-37)19-7-8-20(24(31)23(19)30)27(38)17-12-35(13-17)10-4-9-29/h2-3,5-8,16-17,26-27,34,37-38H,4,9-15H2,1H3/t16-,26-,27?/m1/s1. The number of alkyl halides is 3. The normalized spacial score (nSPS) is 22.0. The second-order valence-corrected chi connectivity index (χ2v) is 10.6. The maximum absolute atomic E-state index is 15.8. The van der Waals surface area contributed by atoms with Gasteiger partial charge in [-0.15, -0.1) is 0 Å². The summed E-state index contributed by atoms with van der Waals surface area (Å²) >= 11 is 0. The first-order chi connectivity index (χ1) is 18.1. The summed E-state index contributed by atoms with van der Waals surface area (Å²) in [5.74, 6) is -6.17. The Morgan fingerprint density at radius 3 is 2.55 bits per heavy atom. The third-order valence-electron chi connectivity index (χ3n) is 7.96. The van der Waals surface area contributed by atoms with Gasteiger partial charge in [-0.2, -0.15) is 0 Å². The molecule has 5 rings (SSSR count). The summed E-state index contributed by atoms with van der Waals surface area (Å²) in [6.07, 6.45) is -0.454. The van der Waals surface area contributed by atoms with Gasteiger partial charge in [0, 0.05) is 59.3 Å². The first-order valence-corrected chi connectivity index (χ1v) is 12.9. The number of halogens is 5. The number of nitrogens with zero attached hydrogens (tertiary/aromatic N) is 2. The quantitative estimate of drug-likeness (QED) is 0.346. The van der Waals surface area contributed by atoms with Gasteiger partial charge in [0.05, 0.1) is 25.4 Å². The number of hydrogen-bond acceptors (Lipinski definition) is 4. The van der Waals surface area contributed by atoms with Gasteiger partial charge in [-0.25, -0.2) is 17.6 Å². The van der Waals surface area contributed by atoms with Crippen molar-refractivity contribution in [3.8, 4) is 0 Å². The maximum atomic E-state index is 15.8. The molecule has 0 amide bonds. The number of aromatic amines is 1. The highest BCUT2D eigenvalue weighted by Crippen LogP contribution is 2.44. The number of fused-ring (bicyclic) bond motifs is 3. The van der Waals surface area contributed by atoms with Gasteiger partial charge in [-0.1, -0.05) is 30.3 Å². The summed E-state index contributed by atoms with van der Waals surface area (Å²) < 4.78 is 72.6. The molecule has 0 aliphatic carbocycles. The predicted molar refractivity (Wildman–Crippen MR) is 134 cm³/mol. The molecule has 2 aliphatic heterocycles. The van der Waals surface area contributed by atoms with Crippen LogP contribution in [0.3, 0.4) is 0 Å². The van der Waals surface area contributed by atoms with Gasteiger partial charge in [0.25, 0.3) is 5.92 Å². The zero-order valence-corrected chi connectivity index (χ0v) is 21.1. The summed E-state index contributed by atoms with van der Waals surface area (Å²) in [5.41, 5.74) is 1.82. The van der Waals surface area contributed by atoms with E-state index >= 15 is 8.78 Å². The van der Waals surface area contributed by atoms with Crippen molar-refractivity contribution in [1.82, 2.24) is 14.8 Å². The lowest BCUT2D eigenvalue weighted by molar-refractivity contribution is -0.0867. The number of H-pyrrole nitrogens is 1. The van der Waals surface area contributed by atoms with Gasteiger partial charge in [-0.3, -0.25) is 9.29 Å². The van der Waals surface area contributed by atoms with Gasteiger partial charge in [0.2, 0.25) is 0 Å². The molecule has 3 aromatic rings. The van der Waals surface area contributed by atoms with E-state index in [1.54, 1.807) is 6.92 Å². The molecule has 1 saturated heterocycles. The fourth-order valence-electron chi connectivity index (χ4n) is 5.95. The molecule has 10 heteroatoms. The molecule has 0 bridgehead atoms. The maximum Gasteiger partial charge on any atom is 0.283 e. The molecule has 38 heavy (non-hydrogen) atoms. The molecular formula is C28H32F5N3O2. The Bertz CT molecular complexity index is 1290. The fraction of sp³-hybridized carbons (Fsp3) is 0.500. The molecule has 1 aromatic heterocycles. The summed E-state index contributed by atoms with van der Waals surface area (Å²) in [4.78, 5) is 6.58. The smallest absolute Gasteiger partial charge is 0.283 e. The number of rotatable bonds is 9. The number of aliphatic hydroxyl groups is 2. The minimum atomic E-state index is -3.45. The number of aliphatic hydroxyl groups excluding tert-OH is 2. The van der Waals surface area contributed by atoms with Gasteiger partial charge >= 0.3 is 0 Å². The molecule has 0 radical (unpaired) electrons. The van der Waals surface area contributed by atoms with E-state index in [4.69, 9.17) is 0 Å². The minimum absolute atomic E-state index is 0.121. The molecule has 0 spiro atoms. The van der Waals surface area contributed by atoms with Crippen LogP contribution < -0.4 is 0 Å². The zero-order chi connectivity index (χ0) is 27.2. The van der Waals surface area contributed by atoms with Gasteiger partial charge in [-0.05, 0) is 31.4 Å². The van der Waals surface area contributed by atoms with Crippen LogP contribution >= 0.6 is 0 Å². The van der Waals surface area contributed by atoms with E-state index in [-0.39, 0.29) is 17.0 Å². The highest BCUT2D eigenvalue weighted by Gasteiger charge is 2.43. The van der Waals surface area contributed by atoms with Crippen molar-refractivity contribution < 1.29 is 32.2 Å². The molecule has 3 heterocycles. The van der Waals surface area contributed by atoms with Crippen molar-refractivity contribution in [1.29, 1.82) is 0 Å². The van der Waals surface area contributed by atoms with Crippen LogP contribution in [0.15, 0.2) is 36.4 Å². The van der Waals surface area contributed by atoms with Crippen LogP contribution in [-0.2, 0) is 6.42 Å². The van der Waals surface area contributed by atoms with Crippen molar-refractivity contribution in [2.45, 2.75) is 43.9 Å². The average molecular weight is 538 g/mol. The molecule has 3 N–H and O–H groups in total. The van der Waals surface area contributed by atoms with Gasteiger partial charge in [0.1, 0.15) is 6.61 Å². The molecular weight excluding hydrogens is 505 g/mol. The summed E-state index contributed by atoms with van der Waals surface area (Å²) in [5, 5.41) is 20.9. The van der Waals surface area contributed by atoms with Crippen LogP contribution in [0.4, 0.5) is 22.0 Å². The van der Waals surface area contributed by atoms with Crippen LogP contribution in [0.25, 0.3) is 10.9 Å². The summed E-state index contributed by atoms with van der Waals surface area (Å²) in [6, 6.07) is 8.60. The molecule has 0 saturated carbocycles. The lowest BCUT2D eigenvalue weighted by atomic mass is 9.85. The molecule has 1 unspecified atom stereocenters. The first kappa shape index (κ1) is 27.1. The monoisotopic (exact) mass is 537 g/mol. The zero-order valence-electron chi connectivity index (χ0n) is 21.1. The second kappa shape index (κ2) is 10.6. The summed E-state index contributed by atoms with van der Waals surface area (Å²) in [6.45, 7) is 0.545. The lowest BCUT2D eigenvalue weighted by Gasteiger charge is -2.43. The Kier molecular flexibility index (Phi) is 7.52. The van der Waals surface area contributed by atoms with Crippen molar-refractivity contribution in [3.63, 3.8) is 0 Å². The van der Waals surface area contributed by atoms with Crippen LogP contribution in [-0.4, -0.2) is 76.4 Å². The third kappa shape index (κ3) is 4.83.